The highest BCUT2D eigenvalue weighted by atomic mass is 15.2. The first-order chi connectivity index (χ1) is 11.4. The van der Waals surface area contributed by atoms with Gasteiger partial charge < -0.3 is 16.4 Å². The number of guanidine groups is 1. The van der Waals surface area contributed by atoms with Crippen LogP contribution in [0.3, 0.4) is 0 Å². The predicted molar refractivity (Wildman–Crippen MR) is 99.8 cm³/mol. The van der Waals surface area contributed by atoms with Crippen molar-refractivity contribution in [3.63, 3.8) is 0 Å². The van der Waals surface area contributed by atoms with Crippen LogP contribution in [0.1, 0.15) is 89.9 Å². The van der Waals surface area contributed by atoms with E-state index in [9.17, 15) is 0 Å². The second-order valence-electron chi connectivity index (χ2n) is 7.39. The third-order valence-corrected chi connectivity index (χ3v) is 5.27. The van der Waals surface area contributed by atoms with Crippen LogP contribution in [-0.2, 0) is 0 Å². The molecule has 0 aromatic heterocycles. The standard InChI is InChI=1S/C19H38N4/c20-15-9-1-2-10-16-21-19(22-17-11-5-3-6-12-17)23-18-13-7-4-8-14-18/h17-18H,1-16,20H2,(H2,21,22,23). The molecule has 0 radical (unpaired) electrons. The van der Waals surface area contributed by atoms with Crippen LogP contribution >= 0.6 is 0 Å². The van der Waals surface area contributed by atoms with Crippen molar-refractivity contribution in [2.75, 3.05) is 13.1 Å². The average molecular weight is 323 g/mol. The Morgan fingerprint density at radius 1 is 0.739 bits per heavy atom. The van der Waals surface area contributed by atoms with Crippen molar-refractivity contribution in [3.05, 3.63) is 0 Å². The summed E-state index contributed by atoms with van der Waals surface area (Å²) in [6, 6.07) is 1.27. The molecule has 0 saturated heterocycles. The van der Waals surface area contributed by atoms with Gasteiger partial charge in [0.25, 0.3) is 0 Å². The second kappa shape index (κ2) is 11.7. The van der Waals surface area contributed by atoms with E-state index in [1.54, 1.807) is 0 Å². The maximum absolute atomic E-state index is 5.55. The minimum atomic E-state index is 0.635. The first kappa shape index (κ1) is 18.6. The highest BCUT2D eigenvalue weighted by Gasteiger charge is 2.18. The van der Waals surface area contributed by atoms with Gasteiger partial charge in [-0.3, -0.25) is 4.99 Å². The molecular formula is C19H38N4. The Hall–Kier alpha value is -0.770. The maximum Gasteiger partial charge on any atom is 0.191 e. The number of aliphatic imine (C=N–C) groups is 1. The Labute approximate surface area is 143 Å². The van der Waals surface area contributed by atoms with Gasteiger partial charge in [-0.15, -0.1) is 0 Å². The Balaban J connectivity index is 1.76. The molecule has 2 aliphatic rings. The van der Waals surface area contributed by atoms with Gasteiger partial charge in [-0.1, -0.05) is 51.4 Å². The molecule has 4 nitrogen and oxygen atoms in total. The first-order valence-electron chi connectivity index (χ1n) is 10.2. The van der Waals surface area contributed by atoms with Crippen LogP contribution in [0.25, 0.3) is 0 Å². The van der Waals surface area contributed by atoms with E-state index in [0.717, 1.165) is 25.5 Å². The molecule has 2 rings (SSSR count). The van der Waals surface area contributed by atoms with E-state index in [-0.39, 0.29) is 0 Å². The van der Waals surface area contributed by atoms with Crippen molar-refractivity contribution < 1.29 is 0 Å². The molecule has 2 saturated carbocycles. The highest BCUT2D eigenvalue weighted by molar-refractivity contribution is 5.80. The van der Waals surface area contributed by atoms with Crippen LogP contribution in [0.5, 0.6) is 0 Å². The molecule has 4 heteroatoms. The summed E-state index contributed by atoms with van der Waals surface area (Å²) in [7, 11) is 0. The molecule has 0 heterocycles. The minimum Gasteiger partial charge on any atom is -0.354 e. The molecule has 0 atom stereocenters. The summed E-state index contributed by atoms with van der Waals surface area (Å²) in [4.78, 5) is 4.87. The second-order valence-corrected chi connectivity index (χ2v) is 7.39. The van der Waals surface area contributed by atoms with E-state index in [0.29, 0.717) is 12.1 Å². The van der Waals surface area contributed by atoms with E-state index in [4.69, 9.17) is 10.7 Å². The van der Waals surface area contributed by atoms with Crippen LogP contribution < -0.4 is 16.4 Å². The molecule has 0 aromatic carbocycles. The smallest absolute Gasteiger partial charge is 0.191 e. The van der Waals surface area contributed by atoms with Gasteiger partial charge in [0.05, 0.1) is 0 Å². The molecule has 0 unspecified atom stereocenters. The fourth-order valence-corrected chi connectivity index (χ4v) is 3.81. The number of nitrogens with zero attached hydrogens (tertiary/aromatic N) is 1. The van der Waals surface area contributed by atoms with Gasteiger partial charge in [0.2, 0.25) is 0 Å². The number of hydrogen-bond acceptors (Lipinski definition) is 2. The molecule has 0 spiro atoms. The molecule has 0 amide bonds. The van der Waals surface area contributed by atoms with Gasteiger partial charge in [0, 0.05) is 18.6 Å². The van der Waals surface area contributed by atoms with Gasteiger partial charge in [-0.25, -0.2) is 0 Å². The fraction of sp³-hybridized carbons (Fsp3) is 0.947. The Morgan fingerprint density at radius 2 is 1.26 bits per heavy atom. The SMILES string of the molecule is NCCCCCCN=C(NC1CCCCC1)NC1CCCCC1. The number of rotatable bonds is 8. The first-order valence-corrected chi connectivity index (χ1v) is 10.2. The quantitative estimate of drug-likeness (QED) is 0.363. The molecule has 0 bridgehead atoms. The highest BCUT2D eigenvalue weighted by Crippen LogP contribution is 2.19. The van der Waals surface area contributed by atoms with Crippen molar-refractivity contribution in [3.8, 4) is 0 Å². The van der Waals surface area contributed by atoms with Crippen molar-refractivity contribution in [1.82, 2.24) is 10.6 Å². The maximum atomic E-state index is 5.55. The van der Waals surface area contributed by atoms with Gasteiger partial charge >= 0.3 is 0 Å². The van der Waals surface area contributed by atoms with Crippen LogP contribution in [0.15, 0.2) is 4.99 Å². The zero-order valence-corrected chi connectivity index (χ0v) is 15.0. The minimum absolute atomic E-state index is 0.635. The van der Waals surface area contributed by atoms with Gasteiger partial charge in [-0.05, 0) is 45.1 Å². The third kappa shape index (κ3) is 8.05. The lowest BCUT2D eigenvalue weighted by atomic mass is 9.95. The van der Waals surface area contributed by atoms with Crippen molar-refractivity contribution in [1.29, 1.82) is 0 Å². The van der Waals surface area contributed by atoms with Crippen molar-refractivity contribution in [2.45, 2.75) is 102 Å². The number of unbranched alkanes of at least 4 members (excludes halogenated alkanes) is 3. The topological polar surface area (TPSA) is 62.4 Å². The van der Waals surface area contributed by atoms with Crippen molar-refractivity contribution in [2.24, 2.45) is 10.7 Å². The monoisotopic (exact) mass is 322 g/mol. The van der Waals surface area contributed by atoms with E-state index in [1.165, 1.54) is 83.5 Å². The molecule has 0 aliphatic heterocycles. The summed E-state index contributed by atoms with van der Waals surface area (Å²) in [6.45, 7) is 1.76. The summed E-state index contributed by atoms with van der Waals surface area (Å²) in [5.74, 6) is 1.09. The lowest BCUT2D eigenvalue weighted by Crippen LogP contribution is -2.48. The van der Waals surface area contributed by atoms with Crippen LogP contribution in [0.2, 0.25) is 0 Å². The van der Waals surface area contributed by atoms with E-state index >= 15 is 0 Å². The van der Waals surface area contributed by atoms with Gasteiger partial charge in [0.1, 0.15) is 0 Å². The van der Waals surface area contributed by atoms with E-state index < -0.39 is 0 Å². The Kier molecular flexibility index (Phi) is 9.46. The average Bonchev–Trinajstić information content (AvgIpc) is 2.60. The molecule has 2 aliphatic carbocycles. The molecule has 0 aromatic rings. The number of hydrogen-bond donors (Lipinski definition) is 3. The molecule has 2 fully saturated rings. The summed E-state index contributed by atoms with van der Waals surface area (Å²) in [6.07, 6.45) is 18.3. The molecule has 134 valence electrons. The summed E-state index contributed by atoms with van der Waals surface area (Å²) < 4.78 is 0. The van der Waals surface area contributed by atoms with Crippen LogP contribution in [0, 0.1) is 0 Å². The largest absolute Gasteiger partial charge is 0.354 e. The Morgan fingerprint density at radius 3 is 1.78 bits per heavy atom. The zero-order chi connectivity index (χ0) is 16.2. The van der Waals surface area contributed by atoms with Gasteiger partial charge in [-0.2, -0.15) is 0 Å². The fourth-order valence-electron chi connectivity index (χ4n) is 3.81. The number of nitrogens with one attached hydrogen (secondary N) is 2. The van der Waals surface area contributed by atoms with Crippen molar-refractivity contribution >= 4 is 5.96 Å². The van der Waals surface area contributed by atoms with Gasteiger partial charge in [0.15, 0.2) is 5.96 Å². The summed E-state index contributed by atoms with van der Waals surface area (Å²) in [5, 5.41) is 7.45. The number of nitrogens with two attached hydrogens (primary N) is 1. The van der Waals surface area contributed by atoms with Crippen LogP contribution in [-0.4, -0.2) is 31.1 Å². The molecule has 23 heavy (non-hydrogen) atoms. The summed E-state index contributed by atoms with van der Waals surface area (Å²) in [5.41, 5.74) is 5.55. The van der Waals surface area contributed by atoms with E-state index in [2.05, 4.69) is 10.6 Å². The van der Waals surface area contributed by atoms with E-state index in [1.807, 2.05) is 0 Å². The summed E-state index contributed by atoms with van der Waals surface area (Å²) >= 11 is 0. The molecular weight excluding hydrogens is 284 g/mol. The molecule has 4 N–H and O–H groups in total. The predicted octanol–water partition coefficient (Wildman–Crippen LogP) is 3.71. The third-order valence-electron chi connectivity index (χ3n) is 5.27. The normalized spacial score (nSPS) is 20.2. The zero-order valence-electron chi connectivity index (χ0n) is 15.0. The van der Waals surface area contributed by atoms with Crippen LogP contribution in [0.4, 0.5) is 0 Å². The Bertz CT molecular complexity index is 295. The lowest BCUT2D eigenvalue weighted by Gasteiger charge is -2.29. The lowest BCUT2D eigenvalue weighted by molar-refractivity contribution is 0.388.